The minimum absolute atomic E-state index is 0. The number of carbonyl (C=O) groups is 2. The quantitative estimate of drug-likeness (QED) is 0.487. The molecule has 6 heteroatoms. The maximum absolute atomic E-state index is 12.2. The minimum Gasteiger partial charge on any atom is -0.548 e. The predicted octanol–water partition coefficient (Wildman–Crippen LogP) is 0.531. The molecule has 0 aromatic heterocycles. The van der Waals surface area contributed by atoms with Crippen molar-refractivity contribution >= 4 is 17.4 Å². The fraction of sp³-hybridized carbons (Fsp3) is 0.533. The summed E-state index contributed by atoms with van der Waals surface area (Å²) in [5, 5.41) is 22.8. The van der Waals surface area contributed by atoms with Gasteiger partial charge in [0.15, 0.2) is 5.78 Å². The largest absolute Gasteiger partial charge is 1.00 e. The molecule has 0 heterocycles. The Hall–Kier alpha value is -1.84. The van der Waals surface area contributed by atoms with Crippen molar-refractivity contribution < 1.29 is 49.4 Å². The van der Waals surface area contributed by atoms with Crippen LogP contribution >= 0.6 is 0 Å². The molecule has 5 atom stereocenters. The summed E-state index contributed by atoms with van der Waals surface area (Å²) in [6.07, 6.45) is 7.68. The predicted molar refractivity (Wildman–Crippen MR) is 133 cm³/mol. The fourth-order valence-electron chi connectivity index (χ4n) is 7.62. The Morgan fingerprint density at radius 2 is 1.92 bits per heavy atom. The van der Waals surface area contributed by atoms with E-state index in [0.717, 1.165) is 37.8 Å². The Balaban J connectivity index is 0.00000304. The summed E-state index contributed by atoms with van der Waals surface area (Å²) >= 11 is 0. The fourth-order valence-corrected chi connectivity index (χ4v) is 7.62. The van der Waals surface area contributed by atoms with Gasteiger partial charge in [-0.1, -0.05) is 30.6 Å². The van der Waals surface area contributed by atoms with E-state index in [0.29, 0.717) is 24.7 Å². The van der Waals surface area contributed by atoms with Gasteiger partial charge in [0.05, 0.1) is 12.5 Å². The first-order valence-electron chi connectivity index (χ1n) is 12.8. The maximum atomic E-state index is 12.2. The van der Waals surface area contributed by atoms with E-state index in [9.17, 15) is 19.8 Å². The normalized spacial score (nSPS) is 32.7. The van der Waals surface area contributed by atoms with Gasteiger partial charge < -0.3 is 19.9 Å². The number of carboxylic acids is 1. The average molecular weight is 496 g/mol. The minimum atomic E-state index is -1.11. The van der Waals surface area contributed by atoms with Crippen LogP contribution in [0, 0.1) is 29.1 Å². The zero-order valence-corrected chi connectivity index (χ0v) is 23.9. The van der Waals surface area contributed by atoms with Crippen LogP contribution in [0.15, 0.2) is 47.1 Å². The number of likely N-dealkylation sites (N-methyl/N-ethyl adjacent to an activating group) is 1. The van der Waals surface area contributed by atoms with Gasteiger partial charge in [-0.2, -0.15) is 0 Å². The van der Waals surface area contributed by atoms with E-state index in [1.807, 2.05) is 18.2 Å². The summed E-state index contributed by atoms with van der Waals surface area (Å²) in [6, 6.07) is 8.16. The number of carbonyl (C=O) groups excluding carboxylic acids is 2. The molecule has 1 aromatic rings. The maximum Gasteiger partial charge on any atom is 1.00 e. The smallest absolute Gasteiger partial charge is 0.548 e. The molecular formula is C30H34NNaO4. The van der Waals surface area contributed by atoms with Gasteiger partial charge in [-0.25, -0.2) is 0 Å². The van der Waals surface area contributed by atoms with E-state index < -0.39 is 11.6 Å². The molecule has 0 radical (unpaired) electrons. The molecule has 1 aromatic carbocycles. The van der Waals surface area contributed by atoms with E-state index in [1.54, 1.807) is 18.9 Å². The second-order valence-electron chi connectivity index (χ2n) is 11.1. The van der Waals surface area contributed by atoms with E-state index in [4.69, 9.17) is 0 Å². The Labute approximate surface area is 236 Å². The number of allylic oxidation sites excluding steroid dienone is 4. The third-order valence-corrected chi connectivity index (χ3v) is 9.32. The Kier molecular flexibility index (Phi) is 7.66. The molecule has 2 fully saturated rings. The summed E-state index contributed by atoms with van der Waals surface area (Å²) in [5.74, 6) is 6.22. The number of hydrogen-bond acceptors (Lipinski definition) is 5. The SMILES string of the molecule is CC#C[C@]1(O)CCC2C3CCC4=CC(=O)CCC4=C3[C@@H](c3ccc(N(C)CC(=O)[O-])cc3)C[C@@]21C.[Na+]. The van der Waals surface area contributed by atoms with Crippen LogP contribution in [0.3, 0.4) is 0 Å². The number of hydrogen-bond donors (Lipinski definition) is 1. The number of fused-ring (bicyclic) bond motifs is 4. The van der Waals surface area contributed by atoms with Gasteiger partial charge in [-0.15, -0.1) is 5.92 Å². The third-order valence-electron chi connectivity index (χ3n) is 9.32. The molecule has 0 saturated heterocycles. The zero-order valence-electron chi connectivity index (χ0n) is 21.9. The molecule has 2 unspecified atom stereocenters. The molecule has 0 bridgehead atoms. The third kappa shape index (κ3) is 4.41. The van der Waals surface area contributed by atoms with Crippen molar-refractivity contribution in [1.82, 2.24) is 0 Å². The molecule has 5 nitrogen and oxygen atoms in total. The molecule has 1 N–H and O–H groups in total. The second-order valence-corrected chi connectivity index (χ2v) is 11.1. The van der Waals surface area contributed by atoms with Crippen LogP contribution in [0.25, 0.3) is 0 Å². The number of ketones is 1. The van der Waals surface area contributed by atoms with E-state index >= 15 is 0 Å². The van der Waals surface area contributed by atoms with Crippen molar-refractivity contribution in [2.75, 3.05) is 18.5 Å². The average Bonchev–Trinajstić information content (AvgIpc) is 3.08. The number of aliphatic carboxylic acids is 1. The Morgan fingerprint density at radius 1 is 1.19 bits per heavy atom. The van der Waals surface area contributed by atoms with Crippen molar-refractivity contribution in [2.24, 2.45) is 17.3 Å². The molecular weight excluding hydrogens is 461 g/mol. The van der Waals surface area contributed by atoms with Gasteiger partial charge in [0.1, 0.15) is 5.60 Å². The summed E-state index contributed by atoms with van der Waals surface area (Å²) in [7, 11) is 1.75. The second kappa shape index (κ2) is 10.1. The molecule has 0 spiro atoms. The molecule has 0 amide bonds. The van der Waals surface area contributed by atoms with E-state index in [1.165, 1.54) is 22.3 Å². The molecule has 4 aliphatic rings. The molecule has 184 valence electrons. The van der Waals surface area contributed by atoms with Crippen molar-refractivity contribution in [3.05, 3.63) is 52.6 Å². The zero-order chi connectivity index (χ0) is 25.0. The number of benzene rings is 1. The van der Waals surface area contributed by atoms with Gasteiger partial charge in [-0.3, -0.25) is 4.79 Å². The van der Waals surface area contributed by atoms with Gasteiger partial charge in [0.25, 0.3) is 0 Å². The number of rotatable bonds is 4. The van der Waals surface area contributed by atoms with Gasteiger partial charge in [0.2, 0.25) is 0 Å². The van der Waals surface area contributed by atoms with Gasteiger partial charge in [0, 0.05) is 30.5 Å². The Morgan fingerprint density at radius 3 is 2.58 bits per heavy atom. The van der Waals surface area contributed by atoms with Crippen molar-refractivity contribution in [2.45, 2.75) is 70.3 Å². The number of aliphatic hydroxyl groups is 1. The number of carboxylic acid groups (broad SMARTS) is 1. The molecule has 2 saturated carbocycles. The van der Waals surface area contributed by atoms with Crippen molar-refractivity contribution in [3.8, 4) is 11.8 Å². The molecule has 0 aliphatic heterocycles. The van der Waals surface area contributed by atoms with Crippen molar-refractivity contribution in [3.63, 3.8) is 0 Å². The van der Waals surface area contributed by atoms with Crippen molar-refractivity contribution in [1.29, 1.82) is 0 Å². The number of nitrogens with zero attached hydrogens (tertiary/aromatic N) is 1. The first-order valence-corrected chi connectivity index (χ1v) is 12.8. The van der Waals surface area contributed by atoms with Crippen LogP contribution in [-0.2, 0) is 9.59 Å². The summed E-state index contributed by atoms with van der Waals surface area (Å²) in [5.41, 5.74) is 4.77. The topological polar surface area (TPSA) is 80.7 Å². The first kappa shape index (κ1) is 27.2. The van der Waals surface area contributed by atoms with Crippen LogP contribution in [0.1, 0.15) is 70.3 Å². The van der Waals surface area contributed by atoms with Crippen LogP contribution in [0.2, 0.25) is 0 Å². The van der Waals surface area contributed by atoms with Crippen LogP contribution in [0.4, 0.5) is 5.69 Å². The molecule has 36 heavy (non-hydrogen) atoms. The molecule has 4 aliphatic carbocycles. The van der Waals surface area contributed by atoms with E-state index in [2.05, 4.69) is 30.9 Å². The standard InChI is InChI=1S/C30H35NO4.Na/c1-4-14-30(35)15-13-26-24-11-7-20-16-22(32)10-12-23(20)28(24)25(17-29(26,30)2)19-5-8-21(9-6-19)31(3)18-27(33)34;/h5-6,8-9,16,24-26,35H,7,10-13,15,17-18H2,1-3H3,(H,33,34);/q;+1/p-1/t24?,25-,26?,29+,30+;/m1./s1. The first-order chi connectivity index (χ1) is 16.7. The van der Waals surface area contributed by atoms with Crippen LogP contribution < -0.4 is 39.6 Å². The summed E-state index contributed by atoms with van der Waals surface area (Å²) < 4.78 is 0. The van der Waals surface area contributed by atoms with Crippen LogP contribution in [-0.4, -0.2) is 36.1 Å². The van der Waals surface area contributed by atoms with Crippen LogP contribution in [0.5, 0.6) is 0 Å². The summed E-state index contributed by atoms with van der Waals surface area (Å²) in [4.78, 5) is 24.9. The van der Waals surface area contributed by atoms with Gasteiger partial charge >= 0.3 is 29.6 Å². The monoisotopic (exact) mass is 495 g/mol. The van der Waals surface area contributed by atoms with E-state index in [-0.39, 0.29) is 53.2 Å². The molecule has 5 rings (SSSR count). The van der Waals surface area contributed by atoms with Gasteiger partial charge in [-0.05, 0) is 92.2 Å². The summed E-state index contributed by atoms with van der Waals surface area (Å²) in [6.45, 7) is 3.88. The number of anilines is 1. The Bertz CT molecular complexity index is 1190.